The Labute approximate surface area is 240 Å². The van der Waals surface area contributed by atoms with Gasteiger partial charge in [0, 0.05) is 66.5 Å². The molecular formula is C30H35F5N2O5. The van der Waals surface area contributed by atoms with Gasteiger partial charge < -0.3 is 24.3 Å². The average molecular weight is 599 g/mol. The van der Waals surface area contributed by atoms with E-state index in [1.165, 1.54) is 13.8 Å². The van der Waals surface area contributed by atoms with Gasteiger partial charge in [-0.3, -0.25) is 4.90 Å². The van der Waals surface area contributed by atoms with E-state index in [4.69, 9.17) is 14.6 Å². The minimum atomic E-state index is -4.25. The van der Waals surface area contributed by atoms with E-state index in [-0.39, 0.29) is 50.1 Å². The Bertz CT molecular complexity index is 1370. The number of rotatable bonds is 14. The molecule has 0 bridgehead atoms. The SMILES string of the molecule is C[C@@H]1Cc2c([nH]c3ccccc23)[C@@H](c2c(F)cc(OCCCOCCCOC(F)(F)C(=O)O)cc2F)N1CC(C)(C)F. The predicted molar refractivity (Wildman–Crippen MR) is 146 cm³/mol. The second-order valence-corrected chi connectivity index (χ2v) is 11.0. The maximum atomic E-state index is 15.7. The van der Waals surface area contributed by atoms with Crippen molar-refractivity contribution < 1.29 is 46.1 Å². The minimum absolute atomic E-state index is 0.0175. The standard InChI is InChI=1S/C30H35F5N2O5/c1-18-14-21-20-8-4-5-9-24(20)36-26(21)27(37(18)17-29(2,3)33)25-22(31)15-19(16-23(25)32)41-12-6-10-40-11-7-13-42-30(34,35)28(38)39/h4-5,8-9,15-16,18,27,36H,6-7,10-14,17H2,1-3H3,(H,38,39)/t18-,27-/m1/s1. The highest BCUT2D eigenvalue weighted by Gasteiger charge is 2.41. The number of aromatic amines is 1. The maximum Gasteiger partial charge on any atom is 0.455 e. The number of carbonyl (C=O) groups is 1. The van der Waals surface area contributed by atoms with Gasteiger partial charge in [-0.05, 0) is 45.2 Å². The topological polar surface area (TPSA) is 84.0 Å². The predicted octanol–water partition coefficient (Wildman–Crippen LogP) is 6.40. The number of halogens is 5. The van der Waals surface area contributed by atoms with Crippen LogP contribution in [0, 0.1) is 11.6 Å². The number of benzene rings is 2. The summed E-state index contributed by atoms with van der Waals surface area (Å²) in [5.74, 6) is -4.01. The second-order valence-electron chi connectivity index (χ2n) is 11.0. The summed E-state index contributed by atoms with van der Waals surface area (Å²) < 4.78 is 86.7. The Balaban J connectivity index is 1.42. The fourth-order valence-electron chi connectivity index (χ4n) is 5.28. The number of nitrogens with one attached hydrogen (secondary N) is 1. The van der Waals surface area contributed by atoms with Crippen LogP contribution in [-0.2, 0) is 20.7 Å². The first-order valence-electron chi connectivity index (χ1n) is 13.8. The third-order valence-corrected chi connectivity index (χ3v) is 7.07. The molecule has 1 aliphatic heterocycles. The van der Waals surface area contributed by atoms with Gasteiger partial charge in [0.15, 0.2) is 0 Å². The van der Waals surface area contributed by atoms with Crippen molar-refractivity contribution >= 4 is 16.9 Å². The zero-order valence-electron chi connectivity index (χ0n) is 23.7. The Kier molecular flexibility index (Phi) is 9.79. The molecule has 1 aliphatic rings. The summed E-state index contributed by atoms with van der Waals surface area (Å²) in [5.41, 5.74) is 0.640. The number of nitrogens with zero attached hydrogens (tertiary/aromatic N) is 1. The maximum absolute atomic E-state index is 15.7. The van der Waals surface area contributed by atoms with E-state index in [1.54, 1.807) is 4.90 Å². The highest BCUT2D eigenvalue weighted by Crippen LogP contribution is 2.43. The van der Waals surface area contributed by atoms with Crippen LogP contribution in [0.3, 0.4) is 0 Å². The van der Waals surface area contributed by atoms with E-state index in [0.29, 0.717) is 18.5 Å². The van der Waals surface area contributed by atoms with Crippen molar-refractivity contribution in [3.8, 4) is 5.75 Å². The molecule has 0 spiro atoms. The third kappa shape index (κ3) is 7.40. The molecule has 0 saturated carbocycles. The highest BCUT2D eigenvalue weighted by atomic mass is 19.3. The lowest BCUT2D eigenvalue weighted by atomic mass is 9.87. The molecule has 0 fully saturated rings. The number of aliphatic carboxylic acids is 1. The molecule has 1 aromatic heterocycles. The Hall–Kier alpha value is -3.22. The fourth-order valence-corrected chi connectivity index (χ4v) is 5.28. The number of carboxylic acid groups (broad SMARTS) is 1. The van der Waals surface area contributed by atoms with Gasteiger partial charge in [0.25, 0.3) is 0 Å². The molecule has 2 N–H and O–H groups in total. The molecule has 0 aliphatic carbocycles. The van der Waals surface area contributed by atoms with E-state index < -0.39 is 42.0 Å². The summed E-state index contributed by atoms with van der Waals surface area (Å²) in [4.78, 5) is 15.4. The molecule has 7 nitrogen and oxygen atoms in total. The van der Waals surface area contributed by atoms with Crippen LogP contribution in [-0.4, -0.2) is 71.8 Å². The van der Waals surface area contributed by atoms with Gasteiger partial charge >= 0.3 is 12.1 Å². The molecule has 4 rings (SSSR count). The van der Waals surface area contributed by atoms with E-state index in [2.05, 4.69) is 9.72 Å². The van der Waals surface area contributed by atoms with Gasteiger partial charge in [-0.25, -0.2) is 18.0 Å². The van der Waals surface area contributed by atoms with Crippen molar-refractivity contribution in [1.82, 2.24) is 9.88 Å². The molecule has 0 amide bonds. The number of aromatic nitrogens is 1. The lowest BCUT2D eigenvalue weighted by Crippen LogP contribution is -2.48. The highest BCUT2D eigenvalue weighted by molar-refractivity contribution is 5.85. The van der Waals surface area contributed by atoms with Crippen LogP contribution in [0.4, 0.5) is 22.0 Å². The van der Waals surface area contributed by atoms with Crippen LogP contribution in [0.25, 0.3) is 10.9 Å². The summed E-state index contributed by atoms with van der Waals surface area (Å²) in [6, 6.07) is 8.80. The quantitative estimate of drug-likeness (QED) is 0.165. The summed E-state index contributed by atoms with van der Waals surface area (Å²) in [6.07, 6.45) is -3.26. The van der Waals surface area contributed by atoms with Crippen molar-refractivity contribution in [1.29, 1.82) is 0 Å². The van der Waals surface area contributed by atoms with E-state index in [0.717, 1.165) is 28.6 Å². The van der Waals surface area contributed by atoms with Crippen LogP contribution in [0.5, 0.6) is 5.75 Å². The number of para-hydroxylation sites is 1. The second kappa shape index (κ2) is 13.0. The number of alkyl halides is 3. The van der Waals surface area contributed by atoms with Gasteiger partial charge in [-0.1, -0.05) is 18.2 Å². The zero-order chi connectivity index (χ0) is 30.7. The average Bonchev–Trinajstić information content (AvgIpc) is 3.26. The molecule has 0 radical (unpaired) electrons. The van der Waals surface area contributed by atoms with Crippen molar-refractivity contribution in [2.75, 3.05) is 33.0 Å². The molecule has 42 heavy (non-hydrogen) atoms. The van der Waals surface area contributed by atoms with Crippen LogP contribution >= 0.6 is 0 Å². The summed E-state index contributed by atoms with van der Waals surface area (Å²) in [6.45, 7) is 4.58. The Morgan fingerprint density at radius 1 is 1.05 bits per heavy atom. The molecule has 0 saturated heterocycles. The summed E-state index contributed by atoms with van der Waals surface area (Å²) in [7, 11) is 0. The van der Waals surface area contributed by atoms with Gasteiger partial charge in [0.1, 0.15) is 23.1 Å². The number of H-pyrrole nitrogens is 1. The molecular weight excluding hydrogens is 563 g/mol. The first-order valence-corrected chi connectivity index (χ1v) is 13.8. The molecule has 12 heteroatoms. The first-order chi connectivity index (χ1) is 19.8. The molecule has 230 valence electrons. The Morgan fingerprint density at radius 2 is 1.69 bits per heavy atom. The monoisotopic (exact) mass is 598 g/mol. The molecule has 0 unspecified atom stereocenters. The van der Waals surface area contributed by atoms with Crippen LogP contribution in [0.1, 0.15) is 56.5 Å². The van der Waals surface area contributed by atoms with Gasteiger partial charge in [-0.2, -0.15) is 8.78 Å². The molecule has 2 atom stereocenters. The smallest absolute Gasteiger partial charge is 0.455 e. The third-order valence-electron chi connectivity index (χ3n) is 7.07. The van der Waals surface area contributed by atoms with Crippen LogP contribution in [0.15, 0.2) is 36.4 Å². The van der Waals surface area contributed by atoms with Crippen molar-refractivity contribution in [3.63, 3.8) is 0 Å². The van der Waals surface area contributed by atoms with Crippen LogP contribution in [0.2, 0.25) is 0 Å². The number of carboxylic acids is 1. The number of hydrogen-bond donors (Lipinski definition) is 2. The normalized spacial score (nSPS) is 17.9. The van der Waals surface area contributed by atoms with Crippen LogP contribution < -0.4 is 4.74 Å². The largest absolute Gasteiger partial charge is 0.493 e. The fraction of sp³-hybridized carbons (Fsp3) is 0.500. The Morgan fingerprint density at radius 3 is 2.33 bits per heavy atom. The van der Waals surface area contributed by atoms with E-state index in [1.807, 2.05) is 31.2 Å². The first kappa shape index (κ1) is 31.7. The summed E-state index contributed by atoms with van der Waals surface area (Å²) in [5, 5.41) is 9.27. The lowest BCUT2D eigenvalue weighted by Gasteiger charge is -2.43. The van der Waals surface area contributed by atoms with Crippen molar-refractivity contribution in [2.45, 2.75) is 63.9 Å². The van der Waals surface area contributed by atoms with Gasteiger partial charge in [-0.15, -0.1) is 0 Å². The molecule has 3 aromatic rings. The van der Waals surface area contributed by atoms with E-state index >= 15 is 8.78 Å². The lowest BCUT2D eigenvalue weighted by molar-refractivity contribution is -0.246. The number of ether oxygens (including phenoxy) is 3. The molecule has 2 heterocycles. The number of fused-ring (bicyclic) bond motifs is 3. The minimum Gasteiger partial charge on any atom is -0.493 e. The van der Waals surface area contributed by atoms with Crippen molar-refractivity contribution in [3.05, 3.63) is 64.9 Å². The van der Waals surface area contributed by atoms with Gasteiger partial charge in [0.2, 0.25) is 0 Å². The summed E-state index contributed by atoms with van der Waals surface area (Å²) >= 11 is 0. The number of hydrogen-bond acceptors (Lipinski definition) is 5. The van der Waals surface area contributed by atoms with E-state index in [9.17, 15) is 18.0 Å². The van der Waals surface area contributed by atoms with Gasteiger partial charge in [0.05, 0.1) is 19.3 Å². The zero-order valence-corrected chi connectivity index (χ0v) is 23.7. The molecule has 2 aromatic carbocycles. The van der Waals surface area contributed by atoms with Crippen molar-refractivity contribution in [2.24, 2.45) is 0 Å².